The van der Waals surface area contributed by atoms with Crippen LogP contribution in [0.2, 0.25) is 0 Å². The highest BCUT2D eigenvalue weighted by atomic mass is 127. The highest BCUT2D eigenvalue weighted by Gasteiger charge is 2.03. The SMILES string of the molecule is I.c1ccc(CN=C(NCCc2cc3ccccc3[nH]2)NCCc2ccco2)cc1. The van der Waals surface area contributed by atoms with Gasteiger partial charge < -0.3 is 20.0 Å². The van der Waals surface area contributed by atoms with Crippen molar-refractivity contribution in [1.82, 2.24) is 15.6 Å². The van der Waals surface area contributed by atoms with Gasteiger partial charge in [0.05, 0.1) is 12.8 Å². The summed E-state index contributed by atoms with van der Waals surface area (Å²) in [4.78, 5) is 8.22. The van der Waals surface area contributed by atoms with Crippen molar-refractivity contribution < 1.29 is 4.42 Å². The molecule has 0 radical (unpaired) electrons. The summed E-state index contributed by atoms with van der Waals surface area (Å²) in [6.45, 7) is 2.21. The van der Waals surface area contributed by atoms with Crippen LogP contribution in [0.25, 0.3) is 10.9 Å². The van der Waals surface area contributed by atoms with Crippen LogP contribution in [-0.4, -0.2) is 24.0 Å². The summed E-state index contributed by atoms with van der Waals surface area (Å²) < 4.78 is 5.41. The smallest absolute Gasteiger partial charge is 0.191 e. The molecule has 0 spiro atoms. The van der Waals surface area contributed by atoms with Gasteiger partial charge in [-0.1, -0.05) is 48.5 Å². The van der Waals surface area contributed by atoms with Crippen LogP contribution in [0.1, 0.15) is 17.0 Å². The maximum Gasteiger partial charge on any atom is 0.191 e. The Balaban J connectivity index is 0.00000256. The molecule has 4 rings (SSSR count). The molecule has 4 aromatic rings. The highest BCUT2D eigenvalue weighted by molar-refractivity contribution is 14.0. The molecule has 0 saturated carbocycles. The minimum Gasteiger partial charge on any atom is -0.469 e. The fraction of sp³-hybridized carbons (Fsp3) is 0.208. The third kappa shape index (κ3) is 6.38. The molecular formula is C24H27IN4O. The van der Waals surface area contributed by atoms with E-state index in [-0.39, 0.29) is 24.0 Å². The largest absolute Gasteiger partial charge is 0.469 e. The predicted octanol–water partition coefficient (Wildman–Crippen LogP) is 4.90. The highest BCUT2D eigenvalue weighted by Crippen LogP contribution is 2.14. The average molecular weight is 514 g/mol. The van der Waals surface area contributed by atoms with Crippen LogP contribution >= 0.6 is 24.0 Å². The lowest BCUT2D eigenvalue weighted by molar-refractivity contribution is 0.506. The summed E-state index contributed by atoms with van der Waals surface area (Å²) in [7, 11) is 0. The molecule has 30 heavy (non-hydrogen) atoms. The van der Waals surface area contributed by atoms with Crippen LogP contribution in [0, 0.1) is 0 Å². The number of aromatic nitrogens is 1. The molecule has 0 saturated heterocycles. The number of hydrogen-bond acceptors (Lipinski definition) is 2. The van der Waals surface area contributed by atoms with Crippen LogP contribution in [0.15, 0.2) is 88.5 Å². The van der Waals surface area contributed by atoms with E-state index in [1.165, 1.54) is 22.2 Å². The average Bonchev–Trinajstić information content (AvgIpc) is 3.41. The standard InChI is InChI=1S/C24H26N4O.HI/c1-2-7-19(8-3-1)18-27-24(26-15-13-22-10-6-16-29-22)25-14-12-21-17-20-9-4-5-11-23(20)28-21;/h1-11,16-17,28H,12-15,18H2,(H2,25,26,27);1H. The van der Waals surface area contributed by atoms with Gasteiger partial charge in [-0.25, -0.2) is 4.99 Å². The van der Waals surface area contributed by atoms with Crippen molar-refractivity contribution in [2.45, 2.75) is 19.4 Å². The zero-order valence-corrected chi connectivity index (χ0v) is 19.1. The van der Waals surface area contributed by atoms with Crippen molar-refractivity contribution in [2.75, 3.05) is 13.1 Å². The van der Waals surface area contributed by atoms with Gasteiger partial charge in [0.25, 0.3) is 0 Å². The van der Waals surface area contributed by atoms with Crippen molar-refractivity contribution in [3.8, 4) is 0 Å². The van der Waals surface area contributed by atoms with E-state index in [1.54, 1.807) is 6.26 Å². The molecule has 6 heteroatoms. The van der Waals surface area contributed by atoms with Crippen molar-refractivity contribution in [2.24, 2.45) is 4.99 Å². The zero-order valence-electron chi connectivity index (χ0n) is 16.8. The number of para-hydroxylation sites is 1. The lowest BCUT2D eigenvalue weighted by Crippen LogP contribution is -2.39. The molecule has 156 valence electrons. The van der Waals surface area contributed by atoms with E-state index in [1.807, 2.05) is 30.3 Å². The molecule has 3 N–H and O–H groups in total. The number of halogens is 1. The van der Waals surface area contributed by atoms with E-state index in [9.17, 15) is 0 Å². The molecule has 0 aliphatic rings. The first-order chi connectivity index (χ1) is 14.4. The van der Waals surface area contributed by atoms with Gasteiger partial charge >= 0.3 is 0 Å². The number of furan rings is 1. The first-order valence-corrected chi connectivity index (χ1v) is 10.0. The summed E-state index contributed by atoms with van der Waals surface area (Å²) >= 11 is 0. The van der Waals surface area contributed by atoms with Gasteiger partial charge in [0.2, 0.25) is 0 Å². The van der Waals surface area contributed by atoms with Gasteiger partial charge in [0, 0.05) is 37.1 Å². The maximum atomic E-state index is 5.41. The number of H-pyrrole nitrogens is 1. The number of aliphatic imine (C=N–C) groups is 1. The molecule has 0 atom stereocenters. The van der Waals surface area contributed by atoms with E-state index in [4.69, 9.17) is 9.41 Å². The van der Waals surface area contributed by atoms with E-state index in [0.29, 0.717) is 6.54 Å². The Kier molecular flexibility index (Phi) is 8.38. The number of nitrogens with one attached hydrogen (secondary N) is 3. The van der Waals surface area contributed by atoms with Gasteiger partial charge in [0.1, 0.15) is 5.76 Å². The maximum absolute atomic E-state index is 5.41. The third-order valence-electron chi connectivity index (χ3n) is 4.78. The second-order valence-corrected chi connectivity index (χ2v) is 6.97. The molecule has 2 aromatic heterocycles. The molecular weight excluding hydrogens is 487 g/mol. The lowest BCUT2D eigenvalue weighted by Gasteiger charge is -2.12. The molecule has 5 nitrogen and oxygen atoms in total. The minimum atomic E-state index is 0. The van der Waals surface area contributed by atoms with Crippen LogP contribution in [0.3, 0.4) is 0 Å². The Morgan fingerprint density at radius 3 is 2.40 bits per heavy atom. The van der Waals surface area contributed by atoms with Crippen LogP contribution in [0.4, 0.5) is 0 Å². The molecule has 2 aromatic carbocycles. The van der Waals surface area contributed by atoms with Crippen LogP contribution in [-0.2, 0) is 19.4 Å². The normalized spacial score (nSPS) is 11.3. The molecule has 0 amide bonds. The second kappa shape index (κ2) is 11.4. The quantitative estimate of drug-likeness (QED) is 0.178. The second-order valence-electron chi connectivity index (χ2n) is 6.97. The Morgan fingerprint density at radius 2 is 1.63 bits per heavy atom. The molecule has 0 fully saturated rings. The molecule has 0 aliphatic carbocycles. The van der Waals surface area contributed by atoms with E-state index >= 15 is 0 Å². The summed E-state index contributed by atoms with van der Waals surface area (Å²) in [6, 6.07) is 24.8. The summed E-state index contributed by atoms with van der Waals surface area (Å²) in [5, 5.41) is 8.11. The zero-order chi connectivity index (χ0) is 19.7. The van der Waals surface area contributed by atoms with Gasteiger partial charge in [-0.15, -0.1) is 24.0 Å². The Labute approximate surface area is 194 Å². The third-order valence-corrected chi connectivity index (χ3v) is 4.78. The molecule has 2 heterocycles. The number of guanidine groups is 1. The topological polar surface area (TPSA) is 65.3 Å². The fourth-order valence-corrected chi connectivity index (χ4v) is 3.27. The van der Waals surface area contributed by atoms with Crippen molar-refractivity contribution in [3.63, 3.8) is 0 Å². The van der Waals surface area contributed by atoms with Crippen molar-refractivity contribution in [1.29, 1.82) is 0 Å². The summed E-state index contributed by atoms with van der Waals surface area (Å²) in [5.41, 5.74) is 3.59. The van der Waals surface area contributed by atoms with Gasteiger partial charge in [-0.2, -0.15) is 0 Å². The predicted molar refractivity (Wildman–Crippen MR) is 133 cm³/mol. The Hall–Kier alpha value is -2.74. The lowest BCUT2D eigenvalue weighted by atomic mass is 10.2. The number of rotatable bonds is 8. The fourth-order valence-electron chi connectivity index (χ4n) is 3.27. The van der Waals surface area contributed by atoms with E-state index in [2.05, 4.69) is 58.1 Å². The van der Waals surface area contributed by atoms with E-state index in [0.717, 1.165) is 37.7 Å². The Morgan fingerprint density at radius 1 is 0.867 bits per heavy atom. The number of nitrogens with zero attached hydrogens (tertiary/aromatic N) is 1. The minimum absolute atomic E-state index is 0. The summed E-state index contributed by atoms with van der Waals surface area (Å²) in [5.74, 6) is 1.79. The monoisotopic (exact) mass is 514 g/mol. The molecule has 0 aliphatic heterocycles. The van der Waals surface area contributed by atoms with Crippen LogP contribution in [0.5, 0.6) is 0 Å². The van der Waals surface area contributed by atoms with Gasteiger partial charge in [-0.05, 0) is 35.2 Å². The number of benzene rings is 2. The van der Waals surface area contributed by atoms with E-state index < -0.39 is 0 Å². The summed E-state index contributed by atoms with van der Waals surface area (Å²) in [6.07, 6.45) is 3.43. The first kappa shape index (κ1) is 22.0. The van der Waals surface area contributed by atoms with Gasteiger partial charge in [0.15, 0.2) is 5.96 Å². The molecule has 0 bridgehead atoms. The van der Waals surface area contributed by atoms with Gasteiger partial charge in [-0.3, -0.25) is 0 Å². The molecule has 0 unspecified atom stereocenters. The number of hydrogen-bond donors (Lipinski definition) is 3. The number of fused-ring (bicyclic) bond motifs is 1. The van der Waals surface area contributed by atoms with Crippen LogP contribution < -0.4 is 10.6 Å². The van der Waals surface area contributed by atoms with Crippen molar-refractivity contribution >= 4 is 40.8 Å². The van der Waals surface area contributed by atoms with Crippen molar-refractivity contribution in [3.05, 3.63) is 96.1 Å². The Bertz CT molecular complexity index is 1010. The first-order valence-electron chi connectivity index (χ1n) is 10.0. The number of aromatic amines is 1.